The number of hydrogen-bond acceptors (Lipinski definition) is 5. The third kappa shape index (κ3) is 5.09. The van der Waals surface area contributed by atoms with Gasteiger partial charge in [-0.2, -0.15) is 0 Å². The summed E-state index contributed by atoms with van der Waals surface area (Å²) in [5.74, 6) is 0.713. The number of amides is 1. The summed E-state index contributed by atoms with van der Waals surface area (Å²) in [4.78, 5) is 25.1. The molecule has 3 aromatic rings. The maximum Gasteiger partial charge on any atom is 0.253 e. The fourth-order valence-electron chi connectivity index (χ4n) is 2.95. The third-order valence-electron chi connectivity index (χ3n) is 4.65. The Bertz CT molecular complexity index is 1040. The Morgan fingerprint density at radius 1 is 1.07 bits per heavy atom. The first-order chi connectivity index (χ1) is 14.4. The number of carbonyl (C=O) groups is 2. The summed E-state index contributed by atoms with van der Waals surface area (Å²) in [5.41, 5.74) is 1.08. The molecule has 8 heteroatoms. The quantitative estimate of drug-likeness (QED) is 0.408. The predicted octanol–water partition coefficient (Wildman–Crippen LogP) is 4.57. The Balaban J connectivity index is 1.73. The fourth-order valence-corrected chi connectivity index (χ4v) is 3.99. The van der Waals surface area contributed by atoms with Crippen LogP contribution in [0.3, 0.4) is 0 Å². The normalized spacial score (nSPS) is 12.0. The second-order valence-electron chi connectivity index (χ2n) is 7.15. The fraction of sp³-hybridized carbons (Fsp3) is 0.273. The monoisotopic (exact) mass is 442 g/mol. The minimum Gasteiger partial charge on any atom is -0.342 e. The SMILES string of the molecule is CC(C)C(NC(=O)c1ccccc1Cl)c1nnc(SCC(=O)c2ccccc2)n1C. The van der Waals surface area contributed by atoms with Gasteiger partial charge in [-0.05, 0) is 18.1 Å². The van der Waals surface area contributed by atoms with E-state index in [9.17, 15) is 9.59 Å². The van der Waals surface area contributed by atoms with Crippen LogP contribution in [0, 0.1) is 5.92 Å². The zero-order valence-corrected chi connectivity index (χ0v) is 18.6. The number of rotatable bonds is 8. The van der Waals surface area contributed by atoms with Gasteiger partial charge in [0.1, 0.15) is 0 Å². The third-order valence-corrected chi connectivity index (χ3v) is 6.00. The molecule has 0 spiro atoms. The van der Waals surface area contributed by atoms with E-state index >= 15 is 0 Å². The number of carbonyl (C=O) groups excluding carboxylic acids is 2. The lowest BCUT2D eigenvalue weighted by molar-refractivity contribution is 0.0921. The first-order valence-electron chi connectivity index (χ1n) is 9.54. The van der Waals surface area contributed by atoms with Crippen LogP contribution in [0.15, 0.2) is 59.8 Å². The molecule has 0 fully saturated rings. The van der Waals surface area contributed by atoms with E-state index in [0.717, 1.165) is 0 Å². The highest BCUT2D eigenvalue weighted by Crippen LogP contribution is 2.25. The molecule has 0 aliphatic heterocycles. The first-order valence-corrected chi connectivity index (χ1v) is 10.9. The van der Waals surface area contributed by atoms with Gasteiger partial charge in [0, 0.05) is 12.6 Å². The molecule has 1 aromatic heterocycles. The molecule has 156 valence electrons. The summed E-state index contributed by atoms with van der Waals surface area (Å²) < 4.78 is 1.82. The van der Waals surface area contributed by atoms with Crippen LogP contribution in [0.4, 0.5) is 0 Å². The van der Waals surface area contributed by atoms with Crippen molar-refractivity contribution in [2.24, 2.45) is 13.0 Å². The average molecular weight is 443 g/mol. The maximum atomic E-state index is 12.7. The molecule has 6 nitrogen and oxygen atoms in total. The summed E-state index contributed by atoms with van der Waals surface area (Å²) in [7, 11) is 1.84. The molecule has 0 bridgehead atoms. The van der Waals surface area contributed by atoms with Crippen LogP contribution in [0.1, 0.15) is 46.4 Å². The number of nitrogens with one attached hydrogen (secondary N) is 1. The number of ketones is 1. The average Bonchev–Trinajstić information content (AvgIpc) is 3.10. The minimum absolute atomic E-state index is 0.0255. The number of benzene rings is 2. The van der Waals surface area contributed by atoms with E-state index in [2.05, 4.69) is 15.5 Å². The van der Waals surface area contributed by atoms with Gasteiger partial charge in [-0.3, -0.25) is 9.59 Å². The molecule has 1 heterocycles. The smallest absolute Gasteiger partial charge is 0.253 e. The molecule has 2 aromatic carbocycles. The number of thioether (sulfide) groups is 1. The topological polar surface area (TPSA) is 76.9 Å². The Labute approximate surface area is 185 Å². The van der Waals surface area contributed by atoms with Crippen LogP contribution >= 0.6 is 23.4 Å². The van der Waals surface area contributed by atoms with Crippen molar-refractivity contribution in [3.63, 3.8) is 0 Å². The highest BCUT2D eigenvalue weighted by molar-refractivity contribution is 7.99. The zero-order chi connectivity index (χ0) is 21.7. The number of Topliss-reactive ketones (excluding diaryl/α,β-unsaturated/α-hetero) is 1. The molecule has 0 radical (unpaired) electrons. The second-order valence-corrected chi connectivity index (χ2v) is 8.50. The van der Waals surface area contributed by atoms with Crippen LogP contribution in [0.25, 0.3) is 0 Å². The molecule has 3 rings (SSSR count). The van der Waals surface area contributed by atoms with Gasteiger partial charge in [-0.1, -0.05) is 79.7 Å². The summed E-state index contributed by atoms with van der Waals surface area (Å²) in [6.45, 7) is 4.00. The first kappa shape index (κ1) is 22.1. The Morgan fingerprint density at radius 3 is 2.40 bits per heavy atom. The summed E-state index contributed by atoms with van der Waals surface area (Å²) in [6, 6.07) is 15.7. The molecule has 0 saturated carbocycles. The van der Waals surface area contributed by atoms with Crippen molar-refractivity contribution in [3.05, 3.63) is 76.6 Å². The Hall–Kier alpha value is -2.64. The predicted molar refractivity (Wildman–Crippen MR) is 119 cm³/mol. The van der Waals surface area contributed by atoms with Crippen LogP contribution < -0.4 is 5.32 Å². The summed E-state index contributed by atoms with van der Waals surface area (Å²) in [6.07, 6.45) is 0. The van der Waals surface area contributed by atoms with E-state index in [-0.39, 0.29) is 29.4 Å². The van der Waals surface area contributed by atoms with Gasteiger partial charge in [-0.15, -0.1) is 10.2 Å². The van der Waals surface area contributed by atoms with Crippen molar-refractivity contribution >= 4 is 35.1 Å². The van der Waals surface area contributed by atoms with E-state index in [1.807, 2.05) is 43.7 Å². The van der Waals surface area contributed by atoms with Crippen LogP contribution in [0.2, 0.25) is 5.02 Å². The molecule has 0 aliphatic carbocycles. The molecular weight excluding hydrogens is 420 g/mol. The Morgan fingerprint density at radius 2 is 1.73 bits per heavy atom. The minimum atomic E-state index is -0.356. The molecule has 1 unspecified atom stereocenters. The van der Waals surface area contributed by atoms with Crippen molar-refractivity contribution in [3.8, 4) is 0 Å². The van der Waals surface area contributed by atoms with Crippen molar-refractivity contribution < 1.29 is 9.59 Å². The standard InChI is InChI=1S/C22H23ClN4O2S/c1-14(2)19(24-21(29)16-11-7-8-12-17(16)23)20-25-26-22(27(20)3)30-13-18(28)15-9-5-4-6-10-15/h4-12,14,19H,13H2,1-3H3,(H,24,29). The number of aromatic nitrogens is 3. The lowest BCUT2D eigenvalue weighted by atomic mass is 10.0. The van der Waals surface area contributed by atoms with Gasteiger partial charge < -0.3 is 9.88 Å². The zero-order valence-electron chi connectivity index (χ0n) is 17.0. The molecule has 0 aliphatic rings. The lowest BCUT2D eigenvalue weighted by Gasteiger charge is -2.22. The van der Waals surface area contributed by atoms with E-state index < -0.39 is 0 Å². The molecular formula is C22H23ClN4O2S. The van der Waals surface area contributed by atoms with Crippen molar-refractivity contribution in [2.45, 2.75) is 25.0 Å². The number of halogens is 1. The van der Waals surface area contributed by atoms with Crippen molar-refractivity contribution in [2.75, 3.05) is 5.75 Å². The summed E-state index contributed by atoms with van der Waals surface area (Å²) >= 11 is 7.48. The van der Waals surface area contributed by atoms with Gasteiger partial charge in [0.25, 0.3) is 5.91 Å². The highest BCUT2D eigenvalue weighted by Gasteiger charge is 2.26. The number of nitrogens with zero attached hydrogens (tertiary/aromatic N) is 3. The maximum absolute atomic E-state index is 12.7. The van der Waals surface area contributed by atoms with Crippen LogP contribution in [-0.2, 0) is 7.05 Å². The van der Waals surface area contributed by atoms with Gasteiger partial charge in [0.15, 0.2) is 16.8 Å². The van der Waals surface area contributed by atoms with Crippen molar-refractivity contribution in [1.29, 1.82) is 0 Å². The van der Waals surface area contributed by atoms with E-state index in [1.54, 1.807) is 36.4 Å². The largest absolute Gasteiger partial charge is 0.342 e. The van der Waals surface area contributed by atoms with Gasteiger partial charge in [-0.25, -0.2) is 0 Å². The summed E-state index contributed by atoms with van der Waals surface area (Å²) in [5, 5.41) is 12.5. The van der Waals surface area contributed by atoms with E-state index in [1.165, 1.54) is 11.8 Å². The van der Waals surface area contributed by atoms with E-state index in [0.29, 0.717) is 27.1 Å². The van der Waals surface area contributed by atoms with Crippen LogP contribution in [0.5, 0.6) is 0 Å². The molecule has 1 amide bonds. The molecule has 1 N–H and O–H groups in total. The van der Waals surface area contributed by atoms with Crippen molar-refractivity contribution in [1.82, 2.24) is 20.1 Å². The van der Waals surface area contributed by atoms with Gasteiger partial charge in [0.05, 0.1) is 22.4 Å². The highest BCUT2D eigenvalue weighted by atomic mass is 35.5. The molecule has 30 heavy (non-hydrogen) atoms. The second kappa shape index (κ2) is 9.91. The van der Waals surface area contributed by atoms with Crippen LogP contribution in [-0.4, -0.2) is 32.2 Å². The van der Waals surface area contributed by atoms with Gasteiger partial charge in [0.2, 0.25) is 0 Å². The molecule has 1 atom stereocenters. The Kier molecular flexibility index (Phi) is 7.29. The van der Waals surface area contributed by atoms with Gasteiger partial charge >= 0.3 is 0 Å². The lowest BCUT2D eigenvalue weighted by Crippen LogP contribution is -2.33. The number of hydrogen-bond donors (Lipinski definition) is 1. The molecule has 0 saturated heterocycles. The van der Waals surface area contributed by atoms with E-state index in [4.69, 9.17) is 11.6 Å².